The van der Waals surface area contributed by atoms with Crippen LogP contribution in [-0.4, -0.2) is 63.9 Å². The van der Waals surface area contributed by atoms with E-state index in [-0.39, 0.29) is 24.0 Å². The molecule has 1 aromatic carbocycles. The molecule has 2 rings (SSSR count). The molecule has 2 N–H and O–H groups in total. The van der Waals surface area contributed by atoms with Gasteiger partial charge in [0.05, 0.1) is 6.61 Å². The molecule has 0 atom stereocenters. The lowest BCUT2D eigenvalue weighted by molar-refractivity contribution is 0.110. The summed E-state index contributed by atoms with van der Waals surface area (Å²) in [6.45, 7) is 13.4. The summed E-state index contributed by atoms with van der Waals surface area (Å²) in [6, 6.07) is 6.30. The summed E-state index contributed by atoms with van der Waals surface area (Å²) in [6.07, 6.45) is 2.62. The SMILES string of the molecule is CCOCCOc1cc(C)ccc1CNC(=NC)NCCN1CCC(C)CC1.I. The molecule has 0 spiro atoms. The van der Waals surface area contributed by atoms with E-state index in [9.17, 15) is 0 Å². The summed E-state index contributed by atoms with van der Waals surface area (Å²) in [5.41, 5.74) is 2.31. The zero-order chi connectivity index (χ0) is 20.2. The zero-order valence-corrected chi connectivity index (χ0v) is 20.8. The van der Waals surface area contributed by atoms with E-state index in [1.165, 1.54) is 31.5 Å². The molecule has 1 fully saturated rings. The van der Waals surface area contributed by atoms with Gasteiger partial charge in [0.1, 0.15) is 12.4 Å². The maximum atomic E-state index is 5.92. The number of aryl methyl sites for hydroxylation is 1. The van der Waals surface area contributed by atoms with Gasteiger partial charge < -0.3 is 25.0 Å². The summed E-state index contributed by atoms with van der Waals surface area (Å²) in [5, 5.41) is 6.83. The number of benzene rings is 1. The van der Waals surface area contributed by atoms with Crippen LogP contribution < -0.4 is 15.4 Å². The molecule has 0 bridgehead atoms. The van der Waals surface area contributed by atoms with Gasteiger partial charge in [0.2, 0.25) is 0 Å². The molecule has 29 heavy (non-hydrogen) atoms. The van der Waals surface area contributed by atoms with Gasteiger partial charge in [0, 0.05) is 38.9 Å². The third-order valence-electron chi connectivity index (χ3n) is 5.18. The van der Waals surface area contributed by atoms with Gasteiger partial charge in [-0.2, -0.15) is 0 Å². The smallest absolute Gasteiger partial charge is 0.191 e. The lowest BCUT2D eigenvalue weighted by atomic mass is 9.99. The van der Waals surface area contributed by atoms with Crippen molar-refractivity contribution in [3.8, 4) is 5.75 Å². The molecule has 0 aromatic heterocycles. The van der Waals surface area contributed by atoms with Crippen LogP contribution in [0.25, 0.3) is 0 Å². The largest absolute Gasteiger partial charge is 0.491 e. The van der Waals surface area contributed by atoms with E-state index in [1.54, 1.807) is 0 Å². The van der Waals surface area contributed by atoms with Crippen molar-refractivity contribution in [2.45, 2.75) is 40.2 Å². The highest BCUT2D eigenvalue weighted by Gasteiger charge is 2.15. The summed E-state index contributed by atoms with van der Waals surface area (Å²) < 4.78 is 11.3. The minimum atomic E-state index is 0. The zero-order valence-electron chi connectivity index (χ0n) is 18.5. The van der Waals surface area contributed by atoms with Crippen molar-refractivity contribution in [3.63, 3.8) is 0 Å². The van der Waals surface area contributed by atoms with E-state index in [0.29, 0.717) is 26.4 Å². The quantitative estimate of drug-likeness (QED) is 0.215. The Kier molecular flexibility index (Phi) is 13.3. The molecule has 0 aliphatic carbocycles. The number of guanidine groups is 1. The summed E-state index contributed by atoms with van der Waals surface area (Å²) >= 11 is 0. The van der Waals surface area contributed by atoms with Crippen molar-refractivity contribution >= 4 is 29.9 Å². The molecule has 1 aromatic rings. The molecule has 6 nitrogen and oxygen atoms in total. The van der Waals surface area contributed by atoms with Crippen molar-refractivity contribution < 1.29 is 9.47 Å². The van der Waals surface area contributed by atoms with Crippen LogP contribution >= 0.6 is 24.0 Å². The third-order valence-corrected chi connectivity index (χ3v) is 5.18. The van der Waals surface area contributed by atoms with E-state index in [2.05, 4.69) is 52.6 Å². The van der Waals surface area contributed by atoms with E-state index in [0.717, 1.165) is 36.3 Å². The fourth-order valence-electron chi connectivity index (χ4n) is 3.31. The van der Waals surface area contributed by atoms with Crippen molar-refractivity contribution in [3.05, 3.63) is 29.3 Å². The number of nitrogens with one attached hydrogen (secondary N) is 2. The van der Waals surface area contributed by atoms with Gasteiger partial charge in [-0.05, 0) is 57.3 Å². The summed E-state index contributed by atoms with van der Waals surface area (Å²) in [7, 11) is 1.81. The first-order valence-electron chi connectivity index (χ1n) is 10.6. The third kappa shape index (κ3) is 10.00. The average Bonchev–Trinajstić information content (AvgIpc) is 2.70. The van der Waals surface area contributed by atoms with Gasteiger partial charge >= 0.3 is 0 Å². The Hall–Kier alpha value is -1.06. The highest BCUT2D eigenvalue weighted by Crippen LogP contribution is 2.20. The molecule has 7 heteroatoms. The lowest BCUT2D eigenvalue weighted by Gasteiger charge is -2.30. The van der Waals surface area contributed by atoms with Crippen LogP contribution in [0.4, 0.5) is 0 Å². The number of aliphatic imine (C=N–C) groups is 1. The predicted molar refractivity (Wildman–Crippen MR) is 132 cm³/mol. The van der Waals surface area contributed by atoms with Crippen LogP contribution in [0.15, 0.2) is 23.2 Å². The standard InChI is InChI=1S/C22H38N4O2.HI/c1-5-27-14-15-28-21-16-19(3)6-7-20(21)17-25-22(23-4)24-10-13-26-11-8-18(2)9-12-26;/h6-7,16,18H,5,8-15,17H2,1-4H3,(H2,23,24,25);1H. The molecule has 0 radical (unpaired) electrons. The van der Waals surface area contributed by atoms with Gasteiger partial charge in [-0.1, -0.05) is 19.1 Å². The van der Waals surface area contributed by atoms with E-state index in [4.69, 9.17) is 9.47 Å². The van der Waals surface area contributed by atoms with Crippen LogP contribution in [0.5, 0.6) is 5.75 Å². The van der Waals surface area contributed by atoms with Gasteiger partial charge in [-0.3, -0.25) is 4.99 Å². The predicted octanol–water partition coefficient (Wildman–Crippen LogP) is 3.43. The van der Waals surface area contributed by atoms with E-state index in [1.807, 2.05) is 14.0 Å². The summed E-state index contributed by atoms with van der Waals surface area (Å²) in [5.74, 6) is 2.61. The second-order valence-corrected chi connectivity index (χ2v) is 7.53. The Morgan fingerprint density at radius 3 is 2.66 bits per heavy atom. The number of hydrogen-bond donors (Lipinski definition) is 2. The minimum absolute atomic E-state index is 0. The fourth-order valence-corrected chi connectivity index (χ4v) is 3.31. The number of halogens is 1. The van der Waals surface area contributed by atoms with E-state index >= 15 is 0 Å². The number of piperidine rings is 1. The molecule has 1 aliphatic heterocycles. The van der Waals surface area contributed by atoms with Crippen LogP contribution in [0, 0.1) is 12.8 Å². The molecule has 1 aliphatic rings. The number of likely N-dealkylation sites (tertiary alicyclic amines) is 1. The fraction of sp³-hybridized carbons (Fsp3) is 0.682. The van der Waals surface area contributed by atoms with Crippen LogP contribution in [-0.2, 0) is 11.3 Å². The van der Waals surface area contributed by atoms with Crippen molar-refractivity contribution in [1.82, 2.24) is 15.5 Å². The molecular weight excluding hydrogens is 479 g/mol. The number of nitrogens with zero attached hydrogens (tertiary/aromatic N) is 2. The Morgan fingerprint density at radius 1 is 1.21 bits per heavy atom. The maximum absolute atomic E-state index is 5.92. The molecular formula is C22H39IN4O2. The van der Waals surface area contributed by atoms with Gasteiger partial charge in [0.15, 0.2) is 5.96 Å². The molecule has 0 saturated carbocycles. The monoisotopic (exact) mass is 518 g/mol. The highest BCUT2D eigenvalue weighted by molar-refractivity contribution is 14.0. The minimum Gasteiger partial charge on any atom is -0.491 e. The second-order valence-electron chi connectivity index (χ2n) is 7.53. The van der Waals surface area contributed by atoms with E-state index < -0.39 is 0 Å². The normalized spacial score (nSPS) is 15.7. The molecule has 0 unspecified atom stereocenters. The second kappa shape index (κ2) is 14.8. The van der Waals surface area contributed by atoms with Crippen molar-refractivity contribution in [1.29, 1.82) is 0 Å². The average molecular weight is 518 g/mol. The van der Waals surface area contributed by atoms with Crippen molar-refractivity contribution in [2.75, 3.05) is 53.0 Å². The molecule has 0 amide bonds. The highest BCUT2D eigenvalue weighted by atomic mass is 127. The Morgan fingerprint density at radius 2 is 1.97 bits per heavy atom. The van der Waals surface area contributed by atoms with Crippen LogP contribution in [0.1, 0.15) is 37.8 Å². The molecule has 1 heterocycles. The maximum Gasteiger partial charge on any atom is 0.191 e. The first-order valence-corrected chi connectivity index (χ1v) is 10.6. The lowest BCUT2D eigenvalue weighted by Crippen LogP contribution is -2.43. The molecule has 166 valence electrons. The first-order chi connectivity index (χ1) is 13.6. The van der Waals surface area contributed by atoms with Gasteiger partial charge in [0.25, 0.3) is 0 Å². The topological polar surface area (TPSA) is 58.1 Å². The number of rotatable bonds is 10. The van der Waals surface area contributed by atoms with Crippen LogP contribution in [0.2, 0.25) is 0 Å². The Bertz CT molecular complexity index is 604. The van der Waals surface area contributed by atoms with Gasteiger partial charge in [-0.25, -0.2) is 0 Å². The Balaban J connectivity index is 0.00000420. The van der Waals surface area contributed by atoms with Crippen LogP contribution in [0.3, 0.4) is 0 Å². The first kappa shape index (κ1) is 26.0. The Labute approximate surface area is 193 Å². The molecule has 1 saturated heterocycles. The van der Waals surface area contributed by atoms with Gasteiger partial charge in [-0.15, -0.1) is 24.0 Å². The summed E-state index contributed by atoms with van der Waals surface area (Å²) in [4.78, 5) is 6.88. The van der Waals surface area contributed by atoms with Crippen molar-refractivity contribution in [2.24, 2.45) is 10.9 Å². The number of hydrogen-bond acceptors (Lipinski definition) is 4. The number of ether oxygens (including phenoxy) is 2.